The Hall–Kier alpha value is -4.27. The second-order valence-electron chi connectivity index (χ2n) is 7.82. The highest BCUT2D eigenvalue weighted by Gasteiger charge is 2.20. The molecular weight excluding hydrogens is 411 g/mol. The van der Waals surface area contributed by atoms with Gasteiger partial charge in [0.05, 0.1) is 23.7 Å². The monoisotopic (exact) mass is 430 g/mol. The molecule has 0 aliphatic heterocycles. The van der Waals surface area contributed by atoms with E-state index in [1.54, 1.807) is 32.4 Å². The van der Waals surface area contributed by atoms with Crippen molar-refractivity contribution in [3.05, 3.63) is 64.5 Å². The second-order valence-corrected chi connectivity index (χ2v) is 7.82. The van der Waals surface area contributed by atoms with Gasteiger partial charge in [0, 0.05) is 42.0 Å². The summed E-state index contributed by atoms with van der Waals surface area (Å²) >= 11 is 0. The van der Waals surface area contributed by atoms with Crippen LogP contribution < -0.4 is 11.3 Å². The molecule has 8 nitrogen and oxygen atoms in total. The number of nitrogen functional groups attached to an aromatic ring is 1. The van der Waals surface area contributed by atoms with E-state index in [0.717, 1.165) is 0 Å². The van der Waals surface area contributed by atoms with Crippen molar-refractivity contribution in [2.75, 3.05) is 19.8 Å². The van der Waals surface area contributed by atoms with Gasteiger partial charge in [0.2, 0.25) is 5.91 Å². The average Bonchev–Trinajstić information content (AvgIpc) is 3.27. The number of amides is 1. The minimum absolute atomic E-state index is 0.000246. The highest BCUT2D eigenvalue weighted by Crippen LogP contribution is 2.38. The third kappa shape index (κ3) is 2.89. The molecular formula is C23H19FN6O2. The summed E-state index contributed by atoms with van der Waals surface area (Å²) in [6.45, 7) is 0. The smallest absolute Gasteiger partial charge is 0.272 e. The molecule has 0 saturated heterocycles. The van der Waals surface area contributed by atoms with E-state index in [0.29, 0.717) is 43.9 Å². The number of nitrogens with zero attached hydrogens (tertiary/aromatic N) is 3. The molecule has 0 aliphatic carbocycles. The van der Waals surface area contributed by atoms with Crippen LogP contribution in [0.4, 0.5) is 10.1 Å². The number of H-pyrrole nitrogens is 2. The lowest BCUT2D eigenvalue weighted by Gasteiger charge is -2.16. The summed E-state index contributed by atoms with van der Waals surface area (Å²) in [5, 5.41) is 8.43. The number of rotatable bonds is 3. The third-order valence-electron chi connectivity index (χ3n) is 5.67. The number of anilines is 1. The van der Waals surface area contributed by atoms with Crippen molar-refractivity contribution in [2.24, 2.45) is 0 Å². The lowest BCUT2D eigenvalue weighted by Crippen LogP contribution is -2.23. The van der Waals surface area contributed by atoms with Crippen LogP contribution in [-0.2, 0) is 11.2 Å². The Bertz CT molecular complexity index is 1600. The number of nitrogens with one attached hydrogen (secondary N) is 2. The molecule has 0 spiro atoms. The van der Waals surface area contributed by atoms with Crippen molar-refractivity contribution < 1.29 is 9.18 Å². The summed E-state index contributed by atoms with van der Waals surface area (Å²) in [5.74, 6) is -0.546. The van der Waals surface area contributed by atoms with Gasteiger partial charge < -0.3 is 15.6 Å². The van der Waals surface area contributed by atoms with Crippen molar-refractivity contribution in [3.8, 4) is 11.1 Å². The first kappa shape index (κ1) is 19.7. The van der Waals surface area contributed by atoms with Gasteiger partial charge in [-0.05, 0) is 35.4 Å². The van der Waals surface area contributed by atoms with E-state index in [2.05, 4.69) is 20.2 Å². The van der Waals surface area contributed by atoms with Crippen LogP contribution in [0, 0.1) is 5.82 Å². The van der Waals surface area contributed by atoms with Crippen molar-refractivity contribution in [1.29, 1.82) is 0 Å². The fourth-order valence-corrected chi connectivity index (χ4v) is 4.06. The topological polar surface area (TPSA) is 121 Å². The molecule has 0 bridgehead atoms. The molecule has 4 N–H and O–H groups in total. The van der Waals surface area contributed by atoms with Gasteiger partial charge in [-0.3, -0.25) is 19.7 Å². The van der Waals surface area contributed by atoms with Gasteiger partial charge in [-0.25, -0.2) is 4.39 Å². The second kappa shape index (κ2) is 7.16. The zero-order valence-corrected chi connectivity index (χ0v) is 17.4. The Labute approximate surface area is 180 Å². The molecule has 0 radical (unpaired) electrons. The number of carbonyl (C=O) groups excluding carboxylic acids is 1. The first-order chi connectivity index (χ1) is 15.4. The summed E-state index contributed by atoms with van der Waals surface area (Å²) in [6.07, 6.45) is 3.27. The number of aromatic amines is 2. The van der Waals surface area contributed by atoms with Gasteiger partial charge in [-0.1, -0.05) is 6.07 Å². The van der Waals surface area contributed by atoms with Gasteiger partial charge >= 0.3 is 0 Å². The maximum Gasteiger partial charge on any atom is 0.272 e. The molecule has 1 amide bonds. The van der Waals surface area contributed by atoms with Gasteiger partial charge in [-0.2, -0.15) is 5.10 Å². The van der Waals surface area contributed by atoms with Crippen molar-refractivity contribution >= 4 is 44.3 Å². The fraction of sp³-hybridized carbons (Fsp3) is 0.130. The number of hydrogen-bond donors (Lipinski definition) is 3. The van der Waals surface area contributed by atoms with Crippen molar-refractivity contribution in [1.82, 2.24) is 25.1 Å². The molecule has 160 valence electrons. The van der Waals surface area contributed by atoms with Gasteiger partial charge in [0.1, 0.15) is 17.0 Å². The molecule has 0 aliphatic rings. The van der Waals surface area contributed by atoms with Crippen LogP contribution >= 0.6 is 0 Å². The third-order valence-corrected chi connectivity index (χ3v) is 5.67. The highest BCUT2D eigenvalue weighted by atomic mass is 19.1. The quantitative estimate of drug-likeness (QED) is 0.380. The van der Waals surface area contributed by atoms with Crippen LogP contribution in [0.25, 0.3) is 43.8 Å². The van der Waals surface area contributed by atoms with Crippen molar-refractivity contribution in [3.63, 3.8) is 0 Å². The molecule has 0 fully saturated rings. The number of likely N-dealkylation sites (N-methyl/N-ethyl adjacent to an activating group) is 1. The summed E-state index contributed by atoms with van der Waals surface area (Å²) in [7, 11) is 3.38. The van der Waals surface area contributed by atoms with Crippen LogP contribution in [0.15, 0.2) is 47.5 Å². The molecule has 0 saturated carbocycles. The van der Waals surface area contributed by atoms with Crippen LogP contribution in [0.2, 0.25) is 0 Å². The predicted octanol–water partition coefficient (Wildman–Crippen LogP) is 2.97. The first-order valence-electron chi connectivity index (χ1n) is 9.91. The minimum Gasteiger partial charge on any atom is -0.394 e. The molecule has 3 heterocycles. The number of carbonyl (C=O) groups is 1. The standard InChI is InChI=1S/C23H19FN6O2/c1-30(2)17(31)9-11-8-14-18(12-5-6-16(24)22-15(12)10-27-29-22)19(25)23(32)28-21(14)13-4-3-7-26-20(11)13/h3-8,10H,9,25H2,1-2H3,(H,27,29)(H,28,32). The van der Waals surface area contributed by atoms with Crippen LogP contribution in [-0.4, -0.2) is 45.1 Å². The average molecular weight is 430 g/mol. The Morgan fingerprint density at radius 1 is 1.16 bits per heavy atom. The largest absolute Gasteiger partial charge is 0.394 e. The zero-order chi connectivity index (χ0) is 22.6. The van der Waals surface area contributed by atoms with Gasteiger partial charge in [-0.15, -0.1) is 0 Å². The lowest BCUT2D eigenvalue weighted by molar-refractivity contribution is -0.127. The fourth-order valence-electron chi connectivity index (χ4n) is 4.06. The van der Waals surface area contributed by atoms with Crippen LogP contribution in [0.3, 0.4) is 0 Å². The van der Waals surface area contributed by atoms with E-state index in [1.165, 1.54) is 17.2 Å². The van der Waals surface area contributed by atoms with E-state index in [1.807, 2.05) is 12.1 Å². The summed E-state index contributed by atoms with van der Waals surface area (Å²) < 4.78 is 14.3. The summed E-state index contributed by atoms with van der Waals surface area (Å²) in [4.78, 5) is 34.1. The minimum atomic E-state index is -0.462. The van der Waals surface area contributed by atoms with E-state index in [-0.39, 0.29) is 23.5 Å². The Kier molecular flexibility index (Phi) is 4.40. The number of nitrogens with two attached hydrogens (primary N) is 1. The van der Waals surface area contributed by atoms with Crippen molar-refractivity contribution in [2.45, 2.75) is 6.42 Å². The Morgan fingerprint density at radius 3 is 2.75 bits per heavy atom. The SMILES string of the molecule is CN(C)C(=O)Cc1cc2c(-c3ccc(F)c4[nH]ncc34)c(N)c(=O)[nH]c2c2cccnc12. The number of hydrogen-bond acceptors (Lipinski definition) is 5. The van der Waals surface area contributed by atoms with Gasteiger partial charge in [0.25, 0.3) is 5.56 Å². The molecule has 2 aromatic carbocycles. The first-order valence-corrected chi connectivity index (χ1v) is 9.91. The van der Waals surface area contributed by atoms with Crippen LogP contribution in [0.5, 0.6) is 0 Å². The summed E-state index contributed by atoms with van der Waals surface area (Å²) in [6, 6.07) is 8.31. The van der Waals surface area contributed by atoms with E-state index in [4.69, 9.17) is 5.73 Å². The number of pyridine rings is 2. The normalized spacial score (nSPS) is 11.5. The number of fused-ring (bicyclic) bond motifs is 4. The Morgan fingerprint density at radius 2 is 1.97 bits per heavy atom. The molecule has 0 atom stereocenters. The maximum absolute atomic E-state index is 14.3. The van der Waals surface area contributed by atoms with Crippen LogP contribution in [0.1, 0.15) is 5.56 Å². The van der Waals surface area contributed by atoms with Gasteiger partial charge in [0.15, 0.2) is 0 Å². The highest BCUT2D eigenvalue weighted by molar-refractivity contribution is 6.15. The van der Waals surface area contributed by atoms with E-state index < -0.39 is 11.4 Å². The molecule has 5 rings (SSSR count). The maximum atomic E-state index is 14.3. The molecule has 3 aromatic heterocycles. The Balaban J connectivity index is 1.93. The molecule has 9 heteroatoms. The molecule has 0 unspecified atom stereocenters. The number of aromatic nitrogens is 4. The van der Waals surface area contributed by atoms with E-state index >= 15 is 0 Å². The van der Waals surface area contributed by atoms with E-state index in [9.17, 15) is 14.0 Å². The molecule has 5 aromatic rings. The summed E-state index contributed by atoms with van der Waals surface area (Å²) in [5.41, 5.74) is 8.91. The number of halogens is 1. The predicted molar refractivity (Wildman–Crippen MR) is 122 cm³/mol. The molecule has 32 heavy (non-hydrogen) atoms. The number of benzene rings is 2. The zero-order valence-electron chi connectivity index (χ0n) is 17.4. The lowest BCUT2D eigenvalue weighted by atomic mass is 9.93.